The van der Waals surface area contributed by atoms with E-state index >= 15 is 0 Å². The van der Waals surface area contributed by atoms with Crippen LogP contribution >= 0.6 is 0 Å². The number of fused-ring (bicyclic) bond motifs is 1. The van der Waals surface area contributed by atoms with Crippen molar-refractivity contribution in [1.29, 1.82) is 0 Å². The second-order valence-corrected chi connectivity index (χ2v) is 5.57. The minimum Gasteiger partial charge on any atom is -0.423 e. The van der Waals surface area contributed by atoms with E-state index in [-0.39, 0.29) is 22.6 Å². The van der Waals surface area contributed by atoms with Crippen molar-refractivity contribution in [2.45, 2.75) is 0 Å². The molecule has 0 bridgehead atoms. The molecule has 134 valence electrons. The molecule has 0 N–H and O–H groups in total. The average Bonchev–Trinajstić information content (AvgIpc) is 3.09. The number of nitrogens with zero attached hydrogens (tertiary/aromatic N) is 2. The van der Waals surface area contributed by atoms with E-state index in [1.807, 2.05) is 0 Å². The van der Waals surface area contributed by atoms with Crippen LogP contribution in [0.15, 0.2) is 59.4 Å². The molecule has 8 heteroatoms. The van der Waals surface area contributed by atoms with Gasteiger partial charge in [0.2, 0.25) is 0 Å². The average molecular weight is 370 g/mol. The van der Waals surface area contributed by atoms with Crippen LogP contribution in [0.1, 0.15) is 10.4 Å². The van der Waals surface area contributed by atoms with Gasteiger partial charge in [-0.25, -0.2) is 18.0 Å². The predicted molar refractivity (Wildman–Crippen MR) is 88.5 cm³/mol. The quantitative estimate of drug-likeness (QED) is 0.301. The summed E-state index contributed by atoms with van der Waals surface area (Å²) in [4.78, 5) is 15.9. The number of aromatic nitrogens is 2. The van der Waals surface area contributed by atoms with E-state index in [0.29, 0.717) is 10.9 Å². The Bertz CT molecular complexity index is 1140. The molecule has 4 aromatic rings. The molecule has 0 saturated carbocycles. The van der Waals surface area contributed by atoms with Crippen molar-refractivity contribution in [3.8, 4) is 17.0 Å². The molecule has 27 heavy (non-hydrogen) atoms. The molecular weight excluding hydrogens is 361 g/mol. The molecule has 0 aliphatic carbocycles. The second-order valence-electron chi connectivity index (χ2n) is 5.57. The molecule has 0 saturated heterocycles. The lowest BCUT2D eigenvalue weighted by Gasteiger charge is -2.04. The number of pyridine rings is 1. The maximum atomic E-state index is 13.5. The molecule has 2 aromatic heterocycles. The summed E-state index contributed by atoms with van der Waals surface area (Å²) in [6.45, 7) is 0. The fourth-order valence-corrected chi connectivity index (χ4v) is 2.54. The number of rotatable bonds is 3. The van der Waals surface area contributed by atoms with E-state index < -0.39 is 23.4 Å². The van der Waals surface area contributed by atoms with Crippen molar-refractivity contribution in [1.82, 2.24) is 10.1 Å². The Labute approximate surface area is 150 Å². The Kier molecular flexibility index (Phi) is 4.08. The van der Waals surface area contributed by atoms with Gasteiger partial charge in [0.05, 0.1) is 5.56 Å². The molecule has 0 spiro atoms. The Morgan fingerprint density at radius 1 is 0.963 bits per heavy atom. The molecule has 0 aliphatic heterocycles. The van der Waals surface area contributed by atoms with Gasteiger partial charge in [0.1, 0.15) is 11.4 Å². The van der Waals surface area contributed by atoms with E-state index in [0.717, 1.165) is 12.1 Å². The third kappa shape index (κ3) is 3.12. The van der Waals surface area contributed by atoms with Gasteiger partial charge in [-0.15, -0.1) is 0 Å². The highest BCUT2D eigenvalue weighted by atomic mass is 19.2. The summed E-state index contributed by atoms with van der Waals surface area (Å²) in [6.07, 6.45) is 2.92. The molecule has 2 aromatic carbocycles. The van der Waals surface area contributed by atoms with Crippen LogP contribution in [-0.4, -0.2) is 16.1 Å². The van der Waals surface area contributed by atoms with E-state index in [9.17, 15) is 18.0 Å². The zero-order valence-corrected chi connectivity index (χ0v) is 13.4. The summed E-state index contributed by atoms with van der Waals surface area (Å²) in [5.41, 5.74) is 0.706. The summed E-state index contributed by atoms with van der Waals surface area (Å²) >= 11 is 0. The van der Waals surface area contributed by atoms with Crippen LogP contribution in [0.3, 0.4) is 0 Å². The van der Waals surface area contributed by atoms with Crippen LogP contribution in [0.25, 0.3) is 22.2 Å². The summed E-state index contributed by atoms with van der Waals surface area (Å²) in [5.74, 6) is -4.60. The normalized spacial score (nSPS) is 10.9. The highest BCUT2D eigenvalue weighted by Gasteiger charge is 2.17. The second kappa shape index (κ2) is 6.56. The number of halogens is 3. The van der Waals surface area contributed by atoms with Crippen LogP contribution < -0.4 is 4.74 Å². The molecule has 4 rings (SSSR count). The molecule has 0 radical (unpaired) electrons. The zero-order valence-electron chi connectivity index (χ0n) is 13.4. The van der Waals surface area contributed by atoms with Gasteiger partial charge in [-0.1, -0.05) is 5.16 Å². The standard InChI is InChI=1S/C19H9F3N2O3/c20-14-7-11(8-15(21)17(14)22)18-13-2-1-12(9-16(13)27-24-18)26-19(25)10-3-5-23-6-4-10/h1-9H. The highest BCUT2D eigenvalue weighted by molar-refractivity contribution is 5.94. The van der Waals surface area contributed by atoms with Crippen LogP contribution in [0.5, 0.6) is 5.75 Å². The number of hydrogen-bond acceptors (Lipinski definition) is 5. The van der Waals surface area contributed by atoms with Crippen molar-refractivity contribution in [3.63, 3.8) is 0 Å². The number of esters is 1. The number of benzene rings is 2. The lowest BCUT2D eigenvalue weighted by atomic mass is 10.1. The van der Waals surface area contributed by atoms with Crippen molar-refractivity contribution in [2.24, 2.45) is 0 Å². The van der Waals surface area contributed by atoms with Gasteiger partial charge in [0.15, 0.2) is 23.0 Å². The molecule has 5 nitrogen and oxygen atoms in total. The Balaban J connectivity index is 1.67. The van der Waals surface area contributed by atoms with Crippen LogP contribution in [0, 0.1) is 17.5 Å². The van der Waals surface area contributed by atoms with E-state index in [1.165, 1.54) is 42.7 Å². The Hall–Kier alpha value is -3.68. The van der Waals surface area contributed by atoms with Gasteiger partial charge >= 0.3 is 5.97 Å². The monoisotopic (exact) mass is 370 g/mol. The Morgan fingerprint density at radius 2 is 1.67 bits per heavy atom. The van der Waals surface area contributed by atoms with E-state index in [4.69, 9.17) is 9.26 Å². The zero-order chi connectivity index (χ0) is 19.0. The fourth-order valence-electron chi connectivity index (χ4n) is 2.54. The largest absolute Gasteiger partial charge is 0.423 e. The third-order valence-corrected chi connectivity index (χ3v) is 3.83. The maximum absolute atomic E-state index is 13.5. The molecule has 0 aliphatic rings. The minimum absolute atomic E-state index is 0.0201. The fraction of sp³-hybridized carbons (Fsp3) is 0. The maximum Gasteiger partial charge on any atom is 0.343 e. The summed E-state index contributed by atoms with van der Waals surface area (Å²) in [5, 5.41) is 4.20. The van der Waals surface area contributed by atoms with E-state index in [2.05, 4.69) is 10.1 Å². The smallest absolute Gasteiger partial charge is 0.343 e. The van der Waals surface area contributed by atoms with Crippen LogP contribution in [-0.2, 0) is 0 Å². The van der Waals surface area contributed by atoms with Gasteiger partial charge < -0.3 is 9.26 Å². The number of ether oxygens (including phenoxy) is 1. The van der Waals surface area contributed by atoms with Gasteiger partial charge in [0, 0.05) is 29.4 Å². The SMILES string of the molecule is O=C(Oc1ccc2c(-c3cc(F)c(F)c(F)c3)noc2c1)c1ccncc1. The topological polar surface area (TPSA) is 65.2 Å². The first kappa shape index (κ1) is 16.8. The third-order valence-electron chi connectivity index (χ3n) is 3.83. The summed E-state index contributed by atoms with van der Waals surface area (Å²) in [7, 11) is 0. The van der Waals surface area contributed by atoms with Crippen molar-refractivity contribution in [3.05, 3.63) is 77.9 Å². The first-order valence-electron chi connectivity index (χ1n) is 7.69. The van der Waals surface area contributed by atoms with Gasteiger partial charge in [-0.05, 0) is 36.4 Å². The van der Waals surface area contributed by atoms with Gasteiger partial charge in [0.25, 0.3) is 0 Å². The summed E-state index contributed by atoms with van der Waals surface area (Å²) in [6, 6.07) is 9.09. The molecule has 0 amide bonds. The van der Waals surface area contributed by atoms with Crippen molar-refractivity contribution in [2.75, 3.05) is 0 Å². The van der Waals surface area contributed by atoms with Crippen LogP contribution in [0.4, 0.5) is 13.2 Å². The lowest BCUT2D eigenvalue weighted by molar-refractivity contribution is 0.0735. The molecule has 0 fully saturated rings. The van der Waals surface area contributed by atoms with Crippen molar-refractivity contribution >= 4 is 16.9 Å². The van der Waals surface area contributed by atoms with Crippen molar-refractivity contribution < 1.29 is 27.2 Å². The van der Waals surface area contributed by atoms with E-state index in [1.54, 1.807) is 0 Å². The Morgan fingerprint density at radius 3 is 2.37 bits per heavy atom. The van der Waals surface area contributed by atoms with Gasteiger partial charge in [-0.2, -0.15) is 0 Å². The molecular formula is C19H9F3N2O3. The number of carbonyl (C=O) groups is 1. The van der Waals surface area contributed by atoms with Crippen LogP contribution in [0.2, 0.25) is 0 Å². The lowest BCUT2D eigenvalue weighted by Crippen LogP contribution is -2.08. The predicted octanol–water partition coefficient (Wildman–Crippen LogP) is 4.53. The number of carbonyl (C=O) groups excluding carboxylic acids is 1. The summed E-state index contributed by atoms with van der Waals surface area (Å²) < 4.78 is 50.5. The van der Waals surface area contributed by atoms with Gasteiger partial charge in [-0.3, -0.25) is 4.98 Å². The first-order valence-corrected chi connectivity index (χ1v) is 7.69. The highest BCUT2D eigenvalue weighted by Crippen LogP contribution is 2.32. The number of hydrogen-bond donors (Lipinski definition) is 0. The first-order chi connectivity index (χ1) is 13.0. The molecule has 0 atom stereocenters. The molecule has 0 unspecified atom stereocenters. The minimum atomic E-state index is -1.56. The molecule has 2 heterocycles.